The number of thiocarbonyl (C=S) groups is 1. The normalized spacial score (nSPS) is 15.5. The molecule has 1 fully saturated rings. The Morgan fingerprint density at radius 1 is 1.42 bits per heavy atom. The number of nitro groups is 1. The molecule has 1 aromatic carbocycles. The van der Waals surface area contributed by atoms with Gasteiger partial charge in [0.05, 0.1) is 4.92 Å². The van der Waals surface area contributed by atoms with Crippen LogP contribution >= 0.6 is 12.2 Å². The number of furan rings is 1. The summed E-state index contributed by atoms with van der Waals surface area (Å²) in [7, 11) is 1.55. The second kappa shape index (κ2) is 6.92. The van der Waals surface area contributed by atoms with E-state index in [1.165, 1.54) is 11.0 Å². The van der Waals surface area contributed by atoms with Gasteiger partial charge in [0.15, 0.2) is 10.9 Å². The molecule has 1 aliphatic heterocycles. The first-order chi connectivity index (χ1) is 12.3. The summed E-state index contributed by atoms with van der Waals surface area (Å²) in [6.07, 6.45) is 1.48. The number of hydrogen-bond acceptors (Lipinski definition) is 6. The number of halogens is 1. The summed E-state index contributed by atoms with van der Waals surface area (Å²) in [6, 6.07) is 6.12. The minimum atomic E-state index is -0.663. The minimum Gasteiger partial charge on any atom is -0.479 e. The predicted molar refractivity (Wildman–Crippen MR) is 92.6 cm³/mol. The number of benzene rings is 1. The lowest BCUT2D eigenvalue weighted by atomic mass is 10.3. The molecular weight excluding hydrogens is 365 g/mol. The number of amides is 1. The predicted octanol–water partition coefficient (Wildman–Crippen LogP) is 2.59. The van der Waals surface area contributed by atoms with E-state index in [1.54, 1.807) is 19.2 Å². The topological polar surface area (TPSA) is 97.9 Å². The van der Waals surface area contributed by atoms with Crippen molar-refractivity contribution < 1.29 is 23.3 Å². The van der Waals surface area contributed by atoms with E-state index in [2.05, 4.69) is 5.32 Å². The fourth-order valence-electron chi connectivity index (χ4n) is 2.22. The lowest BCUT2D eigenvalue weighted by Crippen LogP contribution is -2.25. The lowest BCUT2D eigenvalue weighted by molar-refractivity contribution is -0.386. The van der Waals surface area contributed by atoms with Gasteiger partial charge in [-0.3, -0.25) is 19.8 Å². The Hall–Kier alpha value is -3.27. The minimum absolute atomic E-state index is 0.146. The van der Waals surface area contributed by atoms with Crippen molar-refractivity contribution in [2.45, 2.75) is 6.61 Å². The molecule has 1 aliphatic rings. The number of nitro benzene ring substituents is 1. The van der Waals surface area contributed by atoms with Gasteiger partial charge >= 0.3 is 5.69 Å². The number of carbonyl (C=O) groups excluding carboxylic acids is 1. The zero-order valence-corrected chi connectivity index (χ0v) is 14.2. The highest BCUT2D eigenvalue weighted by Gasteiger charge is 2.27. The highest BCUT2D eigenvalue weighted by Crippen LogP contribution is 2.28. The number of hydrogen-bond donors (Lipinski definition) is 1. The highest BCUT2D eigenvalue weighted by molar-refractivity contribution is 7.80. The fourth-order valence-corrected chi connectivity index (χ4v) is 2.41. The van der Waals surface area contributed by atoms with E-state index in [4.69, 9.17) is 21.4 Å². The quantitative estimate of drug-likeness (QED) is 0.370. The summed E-state index contributed by atoms with van der Waals surface area (Å²) in [5.74, 6) is -0.435. The Bertz CT molecular complexity index is 940. The van der Waals surface area contributed by atoms with Gasteiger partial charge in [0.1, 0.15) is 29.6 Å². The molecule has 2 aromatic rings. The average Bonchev–Trinajstić information content (AvgIpc) is 3.13. The SMILES string of the molecule is CN1C(=O)/C(=C\c2ccc(COc3cc(F)ccc3[N+](=O)[O-])o2)NC1=S. The number of likely N-dealkylation sites (N-methyl/N-ethyl adjacent to an activating group) is 1. The zero-order valence-electron chi connectivity index (χ0n) is 13.4. The third-order valence-electron chi connectivity index (χ3n) is 3.54. The Balaban J connectivity index is 1.72. The second-order valence-corrected chi connectivity index (χ2v) is 5.70. The molecule has 8 nitrogen and oxygen atoms in total. The van der Waals surface area contributed by atoms with Gasteiger partial charge in [-0.2, -0.15) is 0 Å². The van der Waals surface area contributed by atoms with Crippen molar-refractivity contribution in [2.75, 3.05) is 7.05 Å². The van der Waals surface area contributed by atoms with Gasteiger partial charge in [0.2, 0.25) is 0 Å². The molecule has 0 unspecified atom stereocenters. The van der Waals surface area contributed by atoms with Gasteiger partial charge in [-0.05, 0) is 30.4 Å². The summed E-state index contributed by atoms with van der Waals surface area (Å²) >= 11 is 4.97. The van der Waals surface area contributed by atoms with E-state index < -0.39 is 10.7 Å². The van der Waals surface area contributed by atoms with Crippen LogP contribution in [0.4, 0.5) is 10.1 Å². The number of nitrogens with zero attached hydrogens (tertiary/aromatic N) is 2. The number of rotatable bonds is 5. The molecule has 1 aromatic heterocycles. The van der Waals surface area contributed by atoms with Crippen molar-refractivity contribution in [3.63, 3.8) is 0 Å². The van der Waals surface area contributed by atoms with Crippen LogP contribution < -0.4 is 10.1 Å². The Kier molecular flexibility index (Phi) is 4.67. The zero-order chi connectivity index (χ0) is 18.8. The molecule has 134 valence electrons. The molecule has 0 radical (unpaired) electrons. The molecule has 26 heavy (non-hydrogen) atoms. The van der Waals surface area contributed by atoms with Crippen LogP contribution in [-0.2, 0) is 11.4 Å². The van der Waals surface area contributed by atoms with Gasteiger partial charge in [-0.15, -0.1) is 0 Å². The second-order valence-electron chi connectivity index (χ2n) is 5.31. The summed E-state index contributed by atoms with van der Waals surface area (Å²) in [6.45, 7) is -0.146. The van der Waals surface area contributed by atoms with Gasteiger partial charge in [-0.1, -0.05) is 0 Å². The van der Waals surface area contributed by atoms with Crippen molar-refractivity contribution in [1.29, 1.82) is 0 Å². The van der Waals surface area contributed by atoms with Crippen molar-refractivity contribution in [3.05, 3.63) is 63.5 Å². The number of carbonyl (C=O) groups is 1. The van der Waals surface area contributed by atoms with Crippen molar-refractivity contribution in [1.82, 2.24) is 10.2 Å². The Morgan fingerprint density at radius 3 is 2.85 bits per heavy atom. The Morgan fingerprint density at radius 2 is 2.19 bits per heavy atom. The molecule has 1 N–H and O–H groups in total. The summed E-state index contributed by atoms with van der Waals surface area (Å²) in [5, 5.41) is 14.0. The van der Waals surface area contributed by atoms with E-state index in [9.17, 15) is 19.3 Å². The van der Waals surface area contributed by atoms with Crippen molar-refractivity contribution in [2.24, 2.45) is 0 Å². The van der Waals surface area contributed by atoms with Crippen LogP contribution in [-0.4, -0.2) is 27.9 Å². The van der Waals surface area contributed by atoms with Gasteiger partial charge < -0.3 is 14.5 Å². The lowest BCUT2D eigenvalue weighted by Gasteiger charge is -2.05. The van der Waals surface area contributed by atoms with Gasteiger partial charge in [-0.25, -0.2) is 4.39 Å². The van der Waals surface area contributed by atoms with Crippen LogP contribution in [0.25, 0.3) is 6.08 Å². The third kappa shape index (κ3) is 3.54. The fraction of sp³-hybridized carbons (Fsp3) is 0.125. The number of nitrogens with one attached hydrogen (secondary N) is 1. The first kappa shape index (κ1) is 17.5. The Labute approximate surface area is 152 Å². The third-order valence-corrected chi connectivity index (χ3v) is 3.91. The molecule has 0 aliphatic carbocycles. The van der Waals surface area contributed by atoms with Crippen LogP contribution in [0.5, 0.6) is 5.75 Å². The molecule has 0 bridgehead atoms. The molecule has 0 atom stereocenters. The molecule has 0 spiro atoms. The maximum atomic E-state index is 13.3. The van der Waals surface area contributed by atoms with Gasteiger partial charge in [0, 0.05) is 25.3 Å². The van der Waals surface area contributed by atoms with E-state index in [0.29, 0.717) is 11.5 Å². The van der Waals surface area contributed by atoms with Crippen LogP contribution in [0.1, 0.15) is 11.5 Å². The molecule has 0 saturated carbocycles. The first-order valence-electron chi connectivity index (χ1n) is 7.31. The largest absolute Gasteiger partial charge is 0.479 e. The monoisotopic (exact) mass is 377 g/mol. The van der Waals surface area contributed by atoms with E-state index in [1.807, 2.05) is 0 Å². The van der Waals surface area contributed by atoms with E-state index in [0.717, 1.165) is 18.2 Å². The summed E-state index contributed by atoms with van der Waals surface area (Å²) < 4.78 is 24.1. The van der Waals surface area contributed by atoms with Crippen LogP contribution in [0.15, 0.2) is 40.4 Å². The van der Waals surface area contributed by atoms with E-state index >= 15 is 0 Å². The van der Waals surface area contributed by atoms with Crippen molar-refractivity contribution >= 4 is 35.0 Å². The van der Waals surface area contributed by atoms with Crippen LogP contribution in [0.3, 0.4) is 0 Å². The molecule has 3 rings (SSSR count). The standard InChI is InChI=1S/C16H12FN3O5S/c1-19-15(21)12(18-16(19)26)7-10-3-4-11(25-10)8-24-14-6-9(17)2-5-13(14)20(22)23/h2-7H,8H2,1H3,(H,18,26)/b12-7+. The van der Waals surface area contributed by atoms with Crippen LogP contribution in [0.2, 0.25) is 0 Å². The van der Waals surface area contributed by atoms with Crippen LogP contribution in [0, 0.1) is 15.9 Å². The van der Waals surface area contributed by atoms with Crippen molar-refractivity contribution in [3.8, 4) is 5.75 Å². The summed E-state index contributed by atoms with van der Waals surface area (Å²) in [5.41, 5.74) is -0.0855. The molecule has 1 amide bonds. The maximum absolute atomic E-state index is 13.3. The highest BCUT2D eigenvalue weighted by atomic mass is 32.1. The molecular formula is C16H12FN3O5S. The smallest absolute Gasteiger partial charge is 0.311 e. The maximum Gasteiger partial charge on any atom is 0.311 e. The average molecular weight is 377 g/mol. The van der Waals surface area contributed by atoms with Gasteiger partial charge in [0.25, 0.3) is 5.91 Å². The van der Waals surface area contributed by atoms with E-state index in [-0.39, 0.29) is 34.8 Å². The first-order valence-corrected chi connectivity index (χ1v) is 7.72. The summed E-state index contributed by atoms with van der Waals surface area (Å²) in [4.78, 5) is 23.5. The molecule has 10 heteroatoms. The molecule has 1 saturated heterocycles. The number of ether oxygens (including phenoxy) is 1. The molecule has 2 heterocycles.